The Morgan fingerprint density at radius 2 is 2.16 bits per heavy atom. The van der Waals surface area contributed by atoms with Gasteiger partial charge in [-0.05, 0) is 37.4 Å². The minimum Gasteiger partial charge on any atom is -0.382 e. The van der Waals surface area contributed by atoms with E-state index in [2.05, 4.69) is 16.9 Å². The summed E-state index contributed by atoms with van der Waals surface area (Å²) in [5.41, 5.74) is 7.25. The largest absolute Gasteiger partial charge is 0.382 e. The maximum atomic E-state index is 7.57. The maximum Gasteiger partial charge on any atom is 0.142 e. The number of nitrogens with two attached hydrogens (primary N) is 1. The van der Waals surface area contributed by atoms with Crippen LogP contribution in [0, 0.1) is 11.3 Å². The van der Waals surface area contributed by atoms with Gasteiger partial charge in [0, 0.05) is 19.3 Å². The number of rotatable bonds is 5. The Bertz CT molecular complexity index is 424. The van der Waals surface area contributed by atoms with Crippen LogP contribution >= 0.6 is 0 Å². The zero-order chi connectivity index (χ0) is 13.7. The third kappa shape index (κ3) is 4.03. The molecular formula is C15H24N4. The van der Waals surface area contributed by atoms with Gasteiger partial charge < -0.3 is 10.6 Å². The third-order valence-corrected chi connectivity index (χ3v) is 3.88. The Labute approximate surface area is 115 Å². The van der Waals surface area contributed by atoms with Crippen molar-refractivity contribution in [3.8, 4) is 0 Å². The topological polar surface area (TPSA) is 66.0 Å². The van der Waals surface area contributed by atoms with E-state index >= 15 is 0 Å². The Morgan fingerprint density at radius 3 is 2.84 bits per heavy atom. The molecule has 0 unspecified atom stereocenters. The van der Waals surface area contributed by atoms with Gasteiger partial charge >= 0.3 is 0 Å². The van der Waals surface area contributed by atoms with Gasteiger partial charge in [0.25, 0.3) is 0 Å². The van der Waals surface area contributed by atoms with E-state index in [-0.39, 0.29) is 5.84 Å². The molecule has 1 heterocycles. The van der Waals surface area contributed by atoms with Gasteiger partial charge in [-0.3, -0.25) is 10.4 Å². The summed E-state index contributed by atoms with van der Waals surface area (Å²) in [5.74, 6) is 0.887. The number of amidine groups is 1. The van der Waals surface area contributed by atoms with Crippen molar-refractivity contribution in [1.29, 1.82) is 5.41 Å². The van der Waals surface area contributed by atoms with E-state index < -0.39 is 0 Å². The van der Waals surface area contributed by atoms with Crippen molar-refractivity contribution in [2.24, 2.45) is 11.7 Å². The second kappa shape index (κ2) is 6.66. The van der Waals surface area contributed by atoms with Gasteiger partial charge in [0.2, 0.25) is 0 Å². The molecule has 1 aromatic heterocycles. The smallest absolute Gasteiger partial charge is 0.142 e. The summed E-state index contributed by atoms with van der Waals surface area (Å²) < 4.78 is 0. The van der Waals surface area contributed by atoms with Crippen LogP contribution in [0.4, 0.5) is 0 Å². The van der Waals surface area contributed by atoms with Crippen molar-refractivity contribution in [3.05, 3.63) is 29.6 Å². The minimum absolute atomic E-state index is 0.0571. The van der Waals surface area contributed by atoms with Gasteiger partial charge in [-0.25, -0.2) is 0 Å². The molecule has 1 aliphatic rings. The fraction of sp³-hybridized carbons (Fsp3) is 0.600. The quantitative estimate of drug-likeness (QED) is 0.631. The molecule has 1 fully saturated rings. The first-order valence-electron chi connectivity index (χ1n) is 7.13. The van der Waals surface area contributed by atoms with E-state index in [1.54, 1.807) is 6.20 Å². The monoisotopic (exact) mass is 260 g/mol. The number of nitrogen functional groups attached to an aromatic ring is 1. The van der Waals surface area contributed by atoms with Crippen molar-refractivity contribution >= 4 is 5.84 Å². The number of hydrogen-bond acceptors (Lipinski definition) is 3. The Morgan fingerprint density at radius 1 is 1.42 bits per heavy atom. The highest BCUT2D eigenvalue weighted by molar-refractivity contribution is 5.94. The highest BCUT2D eigenvalue weighted by Gasteiger charge is 2.16. The van der Waals surface area contributed by atoms with Gasteiger partial charge in [-0.2, -0.15) is 0 Å². The van der Waals surface area contributed by atoms with E-state index in [0.717, 1.165) is 24.6 Å². The number of hydrogen-bond donors (Lipinski definition) is 2. The lowest BCUT2D eigenvalue weighted by Crippen LogP contribution is -2.28. The summed E-state index contributed by atoms with van der Waals surface area (Å²) in [7, 11) is 2.14. The zero-order valence-electron chi connectivity index (χ0n) is 11.7. The highest BCUT2D eigenvalue weighted by atomic mass is 15.1. The van der Waals surface area contributed by atoms with Crippen LogP contribution < -0.4 is 5.73 Å². The predicted octanol–water partition coefficient (Wildman–Crippen LogP) is 2.38. The van der Waals surface area contributed by atoms with E-state index in [1.807, 2.05) is 12.1 Å². The fourth-order valence-corrected chi connectivity index (χ4v) is 2.97. The average molecular weight is 260 g/mol. The molecule has 0 radical (unpaired) electrons. The van der Waals surface area contributed by atoms with Gasteiger partial charge in [0.1, 0.15) is 11.5 Å². The van der Waals surface area contributed by atoms with Gasteiger partial charge in [0.05, 0.1) is 0 Å². The molecule has 4 heteroatoms. The summed E-state index contributed by atoms with van der Waals surface area (Å²) >= 11 is 0. The number of nitrogens with one attached hydrogen (secondary N) is 1. The molecule has 0 saturated heterocycles. The second-order valence-corrected chi connectivity index (χ2v) is 5.63. The standard InChI is InChI=1S/C15H24N4/c1-19(10-12-6-3-2-4-7-12)11-13-8-5-9-18-14(13)15(16)17/h5,8-9,12H,2-4,6-7,10-11H2,1H3,(H3,16,17). The molecule has 1 saturated carbocycles. The molecule has 0 amide bonds. The van der Waals surface area contributed by atoms with Crippen LogP contribution in [0.2, 0.25) is 0 Å². The molecule has 0 bridgehead atoms. The lowest BCUT2D eigenvalue weighted by atomic mass is 9.89. The van der Waals surface area contributed by atoms with E-state index in [0.29, 0.717) is 5.69 Å². The fourth-order valence-electron chi connectivity index (χ4n) is 2.97. The second-order valence-electron chi connectivity index (χ2n) is 5.63. The van der Waals surface area contributed by atoms with Crippen LogP contribution in [0.25, 0.3) is 0 Å². The Hall–Kier alpha value is -1.42. The lowest BCUT2D eigenvalue weighted by Gasteiger charge is -2.27. The van der Waals surface area contributed by atoms with Crippen LogP contribution in [0.5, 0.6) is 0 Å². The molecular weight excluding hydrogens is 236 g/mol. The molecule has 3 N–H and O–H groups in total. The first-order valence-corrected chi connectivity index (χ1v) is 7.13. The Kier molecular flexibility index (Phi) is 4.91. The maximum absolute atomic E-state index is 7.57. The molecule has 0 spiro atoms. The lowest BCUT2D eigenvalue weighted by molar-refractivity contribution is 0.228. The normalized spacial score (nSPS) is 16.7. The van der Waals surface area contributed by atoms with Gasteiger partial charge in [-0.1, -0.05) is 25.3 Å². The summed E-state index contributed by atoms with van der Waals surface area (Å²) in [5, 5.41) is 7.57. The SMILES string of the molecule is CN(Cc1cccnc1C(=N)N)CC1CCCCC1. The molecule has 19 heavy (non-hydrogen) atoms. The molecule has 0 aromatic carbocycles. The van der Waals surface area contributed by atoms with E-state index in [1.165, 1.54) is 32.1 Å². The van der Waals surface area contributed by atoms with E-state index in [4.69, 9.17) is 11.1 Å². The molecule has 1 aromatic rings. The molecule has 0 atom stereocenters. The molecule has 1 aliphatic carbocycles. The average Bonchev–Trinajstić information content (AvgIpc) is 2.40. The zero-order valence-corrected chi connectivity index (χ0v) is 11.7. The van der Waals surface area contributed by atoms with Crippen molar-refractivity contribution in [2.45, 2.75) is 38.6 Å². The van der Waals surface area contributed by atoms with Crippen LogP contribution in [0.1, 0.15) is 43.4 Å². The van der Waals surface area contributed by atoms with Crippen molar-refractivity contribution in [1.82, 2.24) is 9.88 Å². The van der Waals surface area contributed by atoms with Crippen LogP contribution in [0.3, 0.4) is 0 Å². The summed E-state index contributed by atoms with van der Waals surface area (Å²) in [6.07, 6.45) is 8.57. The van der Waals surface area contributed by atoms with Crippen molar-refractivity contribution in [3.63, 3.8) is 0 Å². The van der Waals surface area contributed by atoms with Crippen LogP contribution in [-0.4, -0.2) is 29.3 Å². The Balaban J connectivity index is 1.94. The number of nitrogens with zero attached hydrogens (tertiary/aromatic N) is 2. The predicted molar refractivity (Wildman–Crippen MR) is 78.2 cm³/mol. The summed E-state index contributed by atoms with van der Waals surface area (Å²) in [6, 6.07) is 3.93. The minimum atomic E-state index is 0.0571. The third-order valence-electron chi connectivity index (χ3n) is 3.88. The number of pyridine rings is 1. The van der Waals surface area contributed by atoms with Crippen molar-refractivity contribution in [2.75, 3.05) is 13.6 Å². The van der Waals surface area contributed by atoms with E-state index in [9.17, 15) is 0 Å². The summed E-state index contributed by atoms with van der Waals surface area (Å²) in [6.45, 7) is 1.95. The molecule has 2 rings (SSSR count). The van der Waals surface area contributed by atoms with Crippen LogP contribution in [0.15, 0.2) is 18.3 Å². The first kappa shape index (κ1) is 14.0. The van der Waals surface area contributed by atoms with Crippen molar-refractivity contribution < 1.29 is 0 Å². The molecule has 4 nitrogen and oxygen atoms in total. The first-order chi connectivity index (χ1) is 9.16. The molecule has 104 valence electrons. The van der Waals surface area contributed by atoms with Crippen LogP contribution in [-0.2, 0) is 6.54 Å². The van der Waals surface area contributed by atoms with Gasteiger partial charge in [-0.15, -0.1) is 0 Å². The highest BCUT2D eigenvalue weighted by Crippen LogP contribution is 2.24. The molecule has 0 aliphatic heterocycles. The summed E-state index contributed by atoms with van der Waals surface area (Å²) in [4.78, 5) is 6.53. The van der Waals surface area contributed by atoms with Gasteiger partial charge in [0.15, 0.2) is 0 Å². The number of aromatic nitrogens is 1.